The van der Waals surface area contributed by atoms with Crippen LogP contribution in [0.25, 0.3) is 11.1 Å². The van der Waals surface area contributed by atoms with E-state index in [0.717, 1.165) is 12.1 Å². The summed E-state index contributed by atoms with van der Waals surface area (Å²) in [7, 11) is 0. The highest BCUT2D eigenvalue weighted by Gasteiger charge is 2.21. The van der Waals surface area contributed by atoms with E-state index in [4.69, 9.17) is 58.0 Å². The van der Waals surface area contributed by atoms with E-state index < -0.39 is 18.2 Å². The SMILES string of the molecule is Fc1ccc(-c2c(Cl)c(Cl)c(Cl)c(Cl)c2Cl)cc1OC(F)F. The molecule has 0 spiro atoms. The zero-order valence-corrected chi connectivity index (χ0v) is 14.0. The van der Waals surface area contributed by atoms with Crippen molar-refractivity contribution in [2.45, 2.75) is 6.61 Å². The van der Waals surface area contributed by atoms with Crippen molar-refractivity contribution in [1.29, 1.82) is 0 Å². The predicted molar refractivity (Wildman–Crippen MR) is 83.5 cm³/mol. The van der Waals surface area contributed by atoms with Gasteiger partial charge in [0, 0.05) is 5.56 Å². The van der Waals surface area contributed by atoms with Crippen LogP contribution in [0.15, 0.2) is 18.2 Å². The van der Waals surface area contributed by atoms with Crippen molar-refractivity contribution in [2.24, 2.45) is 0 Å². The summed E-state index contributed by atoms with van der Waals surface area (Å²) in [6.07, 6.45) is 0. The summed E-state index contributed by atoms with van der Waals surface area (Å²) in [4.78, 5) is 0. The lowest BCUT2D eigenvalue weighted by molar-refractivity contribution is -0.0521. The Balaban J connectivity index is 2.67. The van der Waals surface area contributed by atoms with E-state index in [1.807, 2.05) is 0 Å². The van der Waals surface area contributed by atoms with Crippen molar-refractivity contribution >= 4 is 58.0 Å². The number of hydrogen-bond donors (Lipinski definition) is 0. The Morgan fingerprint density at radius 2 is 1.32 bits per heavy atom. The van der Waals surface area contributed by atoms with Gasteiger partial charge in [-0.15, -0.1) is 0 Å². The molecular formula is C13H4Cl5F3O. The van der Waals surface area contributed by atoms with Gasteiger partial charge in [-0.3, -0.25) is 0 Å². The number of benzene rings is 2. The largest absolute Gasteiger partial charge is 0.432 e. The number of hydrogen-bond acceptors (Lipinski definition) is 1. The minimum atomic E-state index is -3.19. The Hall–Kier alpha value is -0.520. The maximum absolute atomic E-state index is 13.5. The fourth-order valence-corrected chi connectivity index (χ4v) is 3.06. The third kappa shape index (κ3) is 3.36. The standard InChI is InChI=1S/C13H4Cl5F3O/c14-8-7(9(15)11(17)12(18)10(8)16)4-1-2-5(19)6(3-4)22-13(20)21/h1-3,13H. The molecule has 0 aliphatic heterocycles. The predicted octanol–water partition coefficient (Wildman–Crippen LogP) is 7.36. The molecule has 0 atom stereocenters. The zero-order valence-electron chi connectivity index (χ0n) is 10.2. The summed E-state index contributed by atoms with van der Waals surface area (Å²) >= 11 is 29.9. The highest BCUT2D eigenvalue weighted by molar-refractivity contribution is 6.56. The average molecular weight is 410 g/mol. The normalized spacial score (nSPS) is 11.1. The Labute approximate surface area is 148 Å². The summed E-state index contributed by atoms with van der Waals surface area (Å²) in [5.41, 5.74) is 0.314. The Morgan fingerprint density at radius 1 is 0.818 bits per heavy atom. The fourth-order valence-electron chi connectivity index (χ4n) is 1.70. The average Bonchev–Trinajstić information content (AvgIpc) is 2.46. The Kier molecular flexibility index (Phi) is 5.62. The first kappa shape index (κ1) is 17.8. The van der Waals surface area contributed by atoms with Crippen LogP contribution in [-0.2, 0) is 0 Å². The third-order valence-corrected chi connectivity index (χ3v) is 4.92. The van der Waals surface area contributed by atoms with Crippen LogP contribution in [-0.4, -0.2) is 6.61 Å². The van der Waals surface area contributed by atoms with Crippen LogP contribution in [0.4, 0.5) is 13.2 Å². The van der Waals surface area contributed by atoms with Crippen LogP contribution in [0.3, 0.4) is 0 Å². The molecule has 0 unspecified atom stereocenters. The summed E-state index contributed by atoms with van der Waals surface area (Å²) in [5, 5.41) is -0.263. The van der Waals surface area contributed by atoms with Crippen LogP contribution in [0.1, 0.15) is 0 Å². The molecule has 0 aliphatic carbocycles. The topological polar surface area (TPSA) is 9.23 Å². The molecule has 0 N–H and O–H groups in total. The van der Waals surface area contributed by atoms with Crippen LogP contribution < -0.4 is 4.74 Å². The second-order valence-electron chi connectivity index (χ2n) is 3.97. The first-order valence-electron chi connectivity index (χ1n) is 5.50. The van der Waals surface area contributed by atoms with Crippen molar-refractivity contribution < 1.29 is 17.9 Å². The second-order valence-corrected chi connectivity index (χ2v) is 5.86. The molecular weight excluding hydrogens is 406 g/mol. The Morgan fingerprint density at radius 3 is 1.82 bits per heavy atom. The van der Waals surface area contributed by atoms with Gasteiger partial charge in [0.05, 0.1) is 25.1 Å². The summed E-state index contributed by atoms with van der Waals surface area (Å²) < 4.78 is 42.1. The van der Waals surface area contributed by atoms with Gasteiger partial charge in [0.2, 0.25) is 0 Å². The maximum Gasteiger partial charge on any atom is 0.387 e. The van der Waals surface area contributed by atoms with E-state index in [2.05, 4.69) is 4.74 Å². The number of rotatable bonds is 3. The van der Waals surface area contributed by atoms with E-state index in [9.17, 15) is 13.2 Å². The zero-order chi connectivity index (χ0) is 16.6. The smallest absolute Gasteiger partial charge is 0.387 e. The van der Waals surface area contributed by atoms with Crippen molar-refractivity contribution in [2.75, 3.05) is 0 Å². The lowest BCUT2D eigenvalue weighted by atomic mass is 10.0. The van der Waals surface area contributed by atoms with Crippen molar-refractivity contribution in [3.05, 3.63) is 49.1 Å². The van der Waals surface area contributed by atoms with Crippen LogP contribution in [0, 0.1) is 5.82 Å². The van der Waals surface area contributed by atoms with Crippen molar-refractivity contribution in [1.82, 2.24) is 0 Å². The molecule has 9 heteroatoms. The molecule has 0 aliphatic rings. The van der Waals surface area contributed by atoms with E-state index >= 15 is 0 Å². The van der Waals surface area contributed by atoms with Gasteiger partial charge in [-0.1, -0.05) is 64.1 Å². The summed E-state index contributed by atoms with van der Waals surface area (Å²) in [6.45, 7) is -3.19. The van der Waals surface area contributed by atoms with Crippen molar-refractivity contribution in [3.8, 4) is 16.9 Å². The quantitative estimate of drug-likeness (QED) is 0.379. The molecule has 0 aromatic heterocycles. The van der Waals surface area contributed by atoms with Gasteiger partial charge in [-0.25, -0.2) is 4.39 Å². The van der Waals surface area contributed by atoms with Gasteiger partial charge >= 0.3 is 6.61 Å². The van der Waals surface area contributed by atoms with Crippen molar-refractivity contribution in [3.63, 3.8) is 0 Å². The molecule has 22 heavy (non-hydrogen) atoms. The van der Waals surface area contributed by atoms with Gasteiger partial charge in [-0.05, 0) is 17.7 Å². The number of alkyl halides is 2. The first-order valence-corrected chi connectivity index (χ1v) is 7.39. The van der Waals surface area contributed by atoms with E-state index in [1.54, 1.807) is 0 Å². The third-order valence-electron chi connectivity index (χ3n) is 2.65. The lowest BCUT2D eigenvalue weighted by Gasteiger charge is -2.14. The first-order chi connectivity index (χ1) is 10.2. The van der Waals surface area contributed by atoms with E-state index in [0.29, 0.717) is 0 Å². The number of ether oxygens (including phenoxy) is 1. The summed E-state index contributed by atoms with van der Waals surface area (Å²) in [5.74, 6) is -1.63. The van der Waals surface area contributed by atoms with Gasteiger partial charge in [0.25, 0.3) is 0 Å². The fraction of sp³-hybridized carbons (Fsp3) is 0.0769. The minimum absolute atomic E-state index is 0.0457. The molecule has 1 nitrogen and oxygen atoms in total. The lowest BCUT2D eigenvalue weighted by Crippen LogP contribution is -2.03. The van der Waals surface area contributed by atoms with Crippen LogP contribution in [0.2, 0.25) is 25.1 Å². The number of halogens is 8. The van der Waals surface area contributed by atoms with Gasteiger partial charge < -0.3 is 4.74 Å². The molecule has 0 bridgehead atoms. The van der Waals surface area contributed by atoms with Crippen LogP contribution >= 0.6 is 58.0 Å². The molecule has 2 rings (SSSR count). The molecule has 0 saturated carbocycles. The van der Waals surface area contributed by atoms with Gasteiger partial charge in [-0.2, -0.15) is 8.78 Å². The molecule has 0 amide bonds. The highest BCUT2D eigenvalue weighted by Crippen LogP contribution is 2.48. The highest BCUT2D eigenvalue weighted by atomic mass is 35.5. The molecule has 2 aromatic rings. The van der Waals surface area contributed by atoms with E-state index in [-0.39, 0.29) is 36.2 Å². The molecule has 0 heterocycles. The molecule has 0 saturated heterocycles. The maximum atomic E-state index is 13.5. The van der Waals surface area contributed by atoms with Gasteiger partial charge in [0.15, 0.2) is 11.6 Å². The molecule has 118 valence electrons. The second kappa shape index (κ2) is 6.93. The monoisotopic (exact) mass is 408 g/mol. The van der Waals surface area contributed by atoms with Crippen LogP contribution in [0.5, 0.6) is 5.75 Å². The van der Waals surface area contributed by atoms with E-state index in [1.165, 1.54) is 6.07 Å². The minimum Gasteiger partial charge on any atom is -0.432 e. The molecule has 2 aromatic carbocycles. The summed E-state index contributed by atoms with van der Waals surface area (Å²) in [6, 6.07) is 3.20. The molecule has 0 radical (unpaired) electrons. The Bertz CT molecular complexity index is 707. The molecule has 0 fully saturated rings. The van der Waals surface area contributed by atoms with Gasteiger partial charge in [0.1, 0.15) is 0 Å².